The lowest BCUT2D eigenvalue weighted by Crippen LogP contribution is -2.01. The van der Waals surface area contributed by atoms with Crippen molar-refractivity contribution in [3.05, 3.63) is 78.2 Å². The van der Waals surface area contributed by atoms with Gasteiger partial charge in [0.15, 0.2) is 5.78 Å². The summed E-state index contributed by atoms with van der Waals surface area (Å²) >= 11 is 0. The zero-order valence-electron chi connectivity index (χ0n) is 9.02. The molecule has 16 heavy (non-hydrogen) atoms. The van der Waals surface area contributed by atoms with E-state index in [0.29, 0.717) is 6.42 Å². The molecule has 0 aliphatic heterocycles. The van der Waals surface area contributed by atoms with Gasteiger partial charge in [0.25, 0.3) is 0 Å². The number of carbonyl (C=O) groups is 1. The molecule has 2 aromatic rings. The molecule has 0 spiro atoms. The van der Waals surface area contributed by atoms with Crippen molar-refractivity contribution in [3.8, 4) is 0 Å². The van der Waals surface area contributed by atoms with Gasteiger partial charge in [-0.25, -0.2) is 0 Å². The Morgan fingerprint density at radius 1 is 0.938 bits per heavy atom. The Kier molecular flexibility index (Phi) is 3.16. The molecule has 0 amide bonds. The molecule has 0 aliphatic carbocycles. The topological polar surface area (TPSA) is 17.1 Å². The van der Waals surface area contributed by atoms with Gasteiger partial charge in [-0.1, -0.05) is 48.5 Å². The quantitative estimate of drug-likeness (QED) is 0.709. The van der Waals surface area contributed by atoms with Gasteiger partial charge < -0.3 is 0 Å². The second-order valence-corrected chi connectivity index (χ2v) is 3.65. The van der Waals surface area contributed by atoms with Crippen LogP contribution >= 0.6 is 0 Å². The van der Waals surface area contributed by atoms with E-state index in [2.05, 4.69) is 6.92 Å². The summed E-state index contributed by atoms with van der Waals surface area (Å²) in [5.41, 5.74) is 2.54. The Morgan fingerprint density at radius 2 is 1.62 bits per heavy atom. The third kappa shape index (κ3) is 2.19. The zero-order valence-corrected chi connectivity index (χ0v) is 9.02. The minimum atomic E-state index is 0.0656. The predicted octanol–water partition coefficient (Wildman–Crippen LogP) is 3.29. The number of hydrogen-bond acceptors (Lipinski definition) is 1. The average Bonchev–Trinajstić information content (AvgIpc) is 2.39. The first-order valence-corrected chi connectivity index (χ1v) is 5.29. The van der Waals surface area contributed by atoms with Crippen molar-refractivity contribution in [1.82, 2.24) is 0 Å². The molecule has 0 N–H and O–H groups in total. The van der Waals surface area contributed by atoms with Crippen LogP contribution in [-0.4, -0.2) is 5.78 Å². The fourth-order valence-electron chi connectivity index (χ4n) is 1.62. The molecular formula is C15H13O. The highest BCUT2D eigenvalue weighted by atomic mass is 16.1. The van der Waals surface area contributed by atoms with Crippen LogP contribution in [0.1, 0.15) is 21.5 Å². The molecule has 0 heterocycles. The molecule has 1 heteroatoms. The lowest BCUT2D eigenvalue weighted by Gasteiger charge is -2.03. The Hall–Kier alpha value is -1.89. The Bertz CT molecular complexity index is 486. The monoisotopic (exact) mass is 209 g/mol. The highest BCUT2D eigenvalue weighted by molar-refractivity contribution is 6.09. The van der Waals surface area contributed by atoms with Crippen LogP contribution in [0, 0.1) is 6.92 Å². The molecule has 1 nitrogen and oxygen atoms in total. The zero-order chi connectivity index (χ0) is 11.4. The third-order valence-corrected chi connectivity index (χ3v) is 2.51. The largest absolute Gasteiger partial charge is 0.289 e. The van der Waals surface area contributed by atoms with E-state index in [1.807, 2.05) is 54.6 Å². The molecular weight excluding hydrogens is 196 g/mol. The number of benzene rings is 2. The van der Waals surface area contributed by atoms with Crippen molar-refractivity contribution in [1.29, 1.82) is 0 Å². The summed E-state index contributed by atoms with van der Waals surface area (Å²) in [4.78, 5) is 12.1. The van der Waals surface area contributed by atoms with E-state index in [4.69, 9.17) is 0 Å². The first-order chi connectivity index (χ1) is 7.81. The van der Waals surface area contributed by atoms with E-state index in [-0.39, 0.29) is 5.78 Å². The van der Waals surface area contributed by atoms with Gasteiger partial charge in [0.2, 0.25) is 0 Å². The molecule has 2 aromatic carbocycles. The SMILES string of the molecule is [CH2]Cc1cccc(C(=O)c2ccccc2)c1. The maximum absolute atomic E-state index is 12.1. The van der Waals surface area contributed by atoms with E-state index < -0.39 is 0 Å². The summed E-state index contributed by atoms with van der Waals surface area (Å²) in [6, 6.07) is 16.9. The Balaban J connectivity index is 2.34. The number of rotatable bonds is 3. The number of hydrogen-bond donors (Lipinski definition) is 0. The van der Waals surface area contributed by atoms with Crippen LogP contribution in [-0.2, 0) is 6.42 Å². The normalized spacial score (nSPS) is 10.1. The molecule has 0 atom stereocenters. The van der Waals surface area contributed by atoms with Crippen LogP contribution in [0.2, 0.25) is 0 Å². The lowest BCUT2D eigenvalue weighted by molar-refractivity contribution is 0.103. The molecule has 0 aromatic heterocycles. The van der Waals surface area contributed by atoms with Crippen LogP contribution < -0.4 is 0 Å². The van der Waals surface area contributed by atoms with E-state index >= 15 is 0 Å². The van der Waals surface area contributed by atoms with Gasteiger partial charge in [0, 0.05) is 11.1 Å². The van der Waals surface area contributed by atoms with Crippen molar-refractivity contribution < 1.29 is 4.79 Å². The van der Waals surface area contributed by atoms with Crippen molar-refractivity contribution >= 4 is 5.78 Å². The van der Waals surface area contributed by atoms with Crippen LogP contribution in [0.15, 0.2) is 54.6 Å². The lowest BCUT2D eigenvalue weighted by atomic mass is 10.0. The van der Waals surface area contributed by atoms with E-state index in [9.17, 15) is 4.79 Å². The average molecular weight is 209 g/mol. The van der Waals surface area contributed by atoms with Gasteiger partial charge >= 0.3 is 0 Å². The number of carbonyl (C=O) groups excluding carboxylic acids is 1. The molecule has 0 saturated heterocycles. The molecule has 0 bridgehead atoms. The van der Waals surface area contributed by atoms with Crippen molar-refractivity contribution in [2.45, 2.75) is 6.42 Å². The van der Waals surface area contributed by atoms with Crippen LogP contribution in [0.4, 0.5) is 0 Å². The van der Waals surface area contributed by atoms with Crippen LogP contribution in [0.25, 0.3) is 0 Å². The molecule has 0 unspecified atom stereocenters. The fraction of sp³-hybridized carbons (Fsp3) is 0.0667. The summed E-state index contributed by atoms with van der Waals surface area (Å²) in [5.74, 6) is 0.0656. The molecule has 1 radical (unpaired) electrons. The first-order valence-electron chi connectivity index (χ1n) is 5.29. The van der Waals surface area contributed by atoms with Crippen molar-refractivity contribution in [2.75, 3.05) is 0 Å². The van der Waals surface area contributed by atoms with Crippen molar-refractivity contribution in [2.24, 2.45) is 0 Å². The summed E-state index contributed by atoms with van der Waals surface area (Å²) in [5, 5.41) is 0. The van der Waals surface area contributed by atoms with Gasteiger partial charge in [0.05, 0.1) is 0 Å². The Morgan fingerprint density at radius 3 is 2.31 bits per heavy atom. The van der Waals surface area contributed by atoms with Gasteiger partial charge in [0.1, 0.15) is 0 Å². The minimum Gasteiger partial charge on any atom is -0.289 e. The highest BCUT2D eigenvalue weighted by Crippen LogP contribution is 2.11. The second-order valence-electron chi connectivity index (χ2n) is 3.65. The Labute approximate surface area is 95.7 Å². The smallest absolute Gasteiger partial charge is 0.193 e. The molecule has 0 fully saturated rings. The maximum atomic E-state index is 12.1. The first kappa shape index (κ1) is 10.6. The summed E-state index contributed by atoms with van der Waals surface area (Å²) in [6.07, 6.45) is 0.704. The van der Waals surface area contributed by atoms with E-state index in [1.165, 1.54) is 0 Å². The second kappa shape index (κ2) is 4.75. The van der Waals surface area contributed by atoms with Crippen LogP contribution in [0.3, 0.4) is 0 Å². The maximum Gasteiger partial charge on any atom is 0.193 e. The van der Waals surface area contributed by atoms with Crippen molar-refractivity contribution in [3.63, 3.8) is 0 Å². The van der Waals surface area contributed by atoms with E-state index in [1.54, 1.807) is 0 Å². The summed E-state index contributed by atoms with van der Waals surface area (Å²) < 4.78 is 0. The van der Waals surface area contributed by atoms with Crippen LogP contribution in [0.5, 0.6) is 0 Å². The van der Waals surface area contributed by atoms with E-state index in [0.717, 1.165) is 16.7 Å². The van der Waals surface area contributed by atoms with Gasteiger partial charge in [-0.2, -0.15) is 0 Å². The molecule has 79 valence electrons. The third-order valence-electron chi connectivity index (χ3n) is 2.51. The summed E-state index contributed by atoms with van der Waals surface area (Å²) in [7, 11) is 0. The number of ketones is 1. The van der Waals surface area contributed by atoms with Gasteiger partial charge in [-0.3, -0.25) is 4.79 Å². The minimum absolute atomic E-state index is 0.0656. The highest BCUT2D eigenvalue weighted by Gasteiger charge is 2.07. The summed E-state index contributed by atoms with van der Waals surface area (Å²) in [6.45, 7) is 3.82. The van der Waals surface area contributed by atoms with Gasteiger partial charge in [-0.15, -0.1) is 0 Å². The van der Waals surface area contributed by atoms with Gasteiger partial charge in [-0.05, 0) is 25.0 Å². The molecule has 2 rings (SSSR count). The predicted molar refractivity (Wildman–Crippen MR) is 65.4 cm³/mol. The standard InChI is InChI=1S/C15H13O/c1-2-12-7-6-10-14(11-12)15(16)13-8-4-3-5-9-13/h3-11H,1-2H2. The molecule has 0 aliphatic rings. The molecule has 0 saturated carbocycles. The fourth-order valence-corrected chi connectivity index (χ4v) is 1.62.